The van der Waals surface area contributed by atoms with E-state index in [2.05, 4.69) is 13.8 Å². The van der Waals surface area contributed by atoms with Gasteiger partial charge in [0.1, 0.15) is 6.61 Å². The van der Waals surface area contributed by atoms with Crippen molar-refractivity contribution < 1.29 is 13.9 Å². The Kier molecular flexibility index (Phi) is 6.81. The van der Waals surface area contributed by atoms with Crippen molar-refractivity contribution in [3.63, 3.8) is 0 Å². The van der Waals surface area contributed by atoms with Crippen LogP contribution < -0.4 is 10.5 Å². The average molecular weight is 269 g/mol. The molecule has 0 spiro atoms. The van der Waals surface area contributed by atoms with Gasteiger partial charge in [-0.15, -0.1) is 0 Å². The summed E-state index contributed by atoms with van der Waals surface area (Å²) in [5.74, 6) is 0.442. The molecule has 1 atom stereocenters. The number of hydrogen-bond acceptors (Lipinski definition) is 3. The second-order valence-electron chi connectivity index (χ2n) is 5.23. The minimum Gasteiger partial charge on any atom is -0.488 e. The predicted octanol–water partition coefficient (Wildman–Crippen LogP) is 2.77. The van der Waals surface area contributed by atoms with Crippen LogP contribution in [0.1, 0.15) is 26.3 Å². The van der Waals surface area contributed by atoms with Gasteiger partial charge in [-0.25, -0.2) is 4.39 Å². The van der Waals surface area contributed by atoms with Crippen LogP contribution in [-0.2, 0) is 11.2 Å². The SMILES string of the molecule is CC(C)COCCOc1c(F)cccc1CC(C)N. The van der Waals surface area contributed by atoms with E-state index in [0.717, 1.165) is 5.56 Å². The molecule has 0 heterocycles. The van der Waals surface area contributed by atoms with Gasteiger partial charge in [0.05, 0.1) is 6.61 Å². The highest BCUT2D eigenvalue weighted by molar-refractivity contribution is 5.35. The molecule has 0 amide bonds. The Balaban J connectivity index is 2.51. The third kappa shape index (κ3) is 6.03. The Labute approximate surface area is 114 Å². The van der Waals surface area contributed by atoms with Gasteiger partial charge in [-0.3, -0.25) is 0 Å². The summed E-state index contributed by atoms with van der Waals surface area (Å²) in [6.45, 7) is 7.55. The molecule has 108 valence electrons. The molecule has 0 aromatic heterocycles. The van der Waals surface area contributed by atoms with E-state index in [1.165, 1.54) is 6.07 Å². The largest absolute Gasteiger partial charge is 0.488 e. The highest BCUT2D eigenvalue weighted by atomic mass is 19.1. The van der Waals surface area contributed by atoms with Gasteiger partial charge >= 0.3 is 0 Å². The van der Waals surface area contributed by atoms with Crippen LogP contribution in [0.25, 0.3) is 0 Å². The number of rotatable bonds is 8. The molecule has 1 unspecified atom stereocenters. The van der Waals surface area contributed by atoms with E-state index in [4.69, 9.17) is 15.2 Å². The van der Waals surface area contributed by atoms with Gasteiger partial charge < -0.3 is 15.2 Å². The fourth-order valence-corrected chi connectivity index (χ4v) is 1.74. The maximum atomic E-state index is 13.7. The molecule has 2 N–H and O–H groups in total. The summed E-state index contributed by atoms with van der Waals surface area (Å²) >= 11 is 0. The lowest BCUT2D eigenvalue weighted by atomic mass is 10.1. The maximum absolute atomic E-state index is 13.7. The Bertz CT molecular complexity index is 380. The van der Waals surface area contributed by atoms with Crippen molar-refractivity contribution in [3.05, 3.63) is 29.6 Å². The normalized spacial score (nSPS) is 12.7. The van der Waals surface area contributed by atoms with Crippen molar-refractivity contribution in [2.45, 2.75) is 33.2 Å². The number of ether oxygens (including phenoxy) is 2. The quantitative estimate of drug-likeness (QED) is 0.738. The Morgan fingerprint density at radius 3 is 2.58 bits per heavy atom. The topological polar surface area (TPSA) is 44.5 Å². The van der Waals surface area contributed by atoms with Crippen molar-refractivity contribution in [1.29, 1.82) is 0 Å². The molecule has 0 saturated heterocycles. The summed E-state index contributed by atoms with van der Waals surface area (Å²) in [5.41, 5.74) is 6.55. The van der Waals surface area contributed by atoms with Crippen LogP contribution in [0, 0.1) is 11.7 Å². The molecule has 0 saturated carbocycles. The minimum atomic E-state index is -0.345. The number of halogens is 1. The van der Waals surface area contributed by atoms with Gasteiger partial charge in [-0.2, -0.15) is 0 Å². The van der Waals surface area contributed by atoms with E-state index >= 15 is 0 Å². The standard InChI is InChI=1S/C15H24FNO2/c1-11(2)10-18-7-8-19-15-13(9-12(3)17)5-4-6-14(15)16/h4-6,11-12H,7-10,17H2,1-3H3. The van der Waals surface area contributed by atoms with E-state index in [-0.39, 0.29) is 11.9 Å². The zero-order chi connectivity index (χ0) is 14.3. The van der Waals surface area contributed by atoms with Gasteiger partial charge in [0.15, 0.2) is 11.6 Å². The molecule has 1 rings (SSSR count). The van der Waals surface area contributed by atoms with Crippen LogP contribution in [-0.4, -0.2) is 25.9 Å². The maximum Gasteiger partial charge on any atom is 0.165 e. The summed E-state index contributed by atoms with van der Waals surface area (Å²) in [7, 11) is 0. The molecule has 4 heteroatoms. The van der Waals surface area contributed by atoms with Gasteiger partial charge in [0, 0.05) is 12.6 Å². The minimum absolute atomic E-state index is 0.0265. The third-order valence-corrected chi connectivity index (χ3v) is 2.52. The molecule has 19 heavy (non-hydrogen) atoms. The Hall–Kier alpha value is -1.13. The van der Waals surface area contributed by atoms with Crippen molar-refractivity contribution >= 4 is 0 Å². The van der Waals surface area contributed by atoms with Crippen LogP contribution in [0.15, 0.2) is 18.2 Å². The molecule has 0 aliphatic rings. The van der Waals surface area contributed by atoms with Crippen LogP contribution in [0.3, 0.4) is 0 Å². The Morgan fingerprint density at radius 2 is 1.95 bits per heavy atom. The van der Waals surface area contributed by atoms with E-state index in [9.17, 15) is 4.39 Å². The van der Waals surface area contributed by atoms with Crippen LogP contribution in [0.4, 0.5) is 4.39 Å². The van der Waals surface area contributed by atoms with Gasteiger partial charge in [0.25, 0.3) is 0 Å². The van der Waals surface area contributed by atoms with E-state index in [0.29, 0.717) is 37.9 Å². The summed E-state index contributed by atoms with van der Waals surface area (Å²) in [6.07, 6.45) is 0.597. The molecule has 1 aromatic rings. The van der Waals surface area contributed by atoms with Crippen molar-refractivity contribution in [2.75, 3.05) is 19.8 Å². The molecule has 0 fully saturated rings. The summed E-state index contributed by atoms with van der Waals surface area (Å²) < 4.78 is 24.6. The fourth-order valence-electron chi connectivity index (χ4n) is 1.74. The number of para-hydroxylation sites is 1. The van der Waals surface area contributed by atoms with Crippen LogP contribution in [0.5, 0.6) is 5.75 Å². The molecule has 1 aromatic carbocycles. The molecule has 0 bridgehead atoms. The van der Waals surface area contributed by atoms with Gasteiger partial charge in [-0.1, -0.05) is 26.0 Å². The zero-order valence-electron chi connectivity index (χ0n) is 12.0. The van der Waals surface area contributed by atoms with E-state index < -0.39 is 0 Å². The van der Waals surface area contributed by atoms with Crippen LogP contribution in [0.2, 0.25) is 0 Å². The predicted molar refractivity (Wildman–Crippen MR) is 74.9 cm³/mol. The highest BCUT2D eigenvalue weighted by Crippen LogP contribution is 2.23. The number of hydrogen-bond donors (Lipinski definition) is 1. The first-order valence-electron chi connectivity index (χ1n) is 6.74. The molecular weight excluding hydrogens is 245 g/mol. The summed E-state index contributed by atoms with van der Waals surface area (Å²) in [4.78, 5) is 0. The smallest absolute Gasteiger partial charge is 0.165 e. The third-order valence-electron chi connectivity index (χ3n) is 2.52. The second kappa shape index (κ2) is 8.12. The zero-order valence-corrected chi connectivity index (χ0v) is 12.0. The Morgan fingerprint density at radius 1 is 1.21 bits per heavy atom. The first-order valence-corrected chi connectivity index (χ1v) is 6.74. The first kappa shape index (κ1) is 15.9. The monoisotopic (exact) mass is 269 g/mol. The van der Waals surface area contributed by atoms with E-state index in [1.807, 2.05) is 13.0 Å². The fraction of sp³-hybridized carbons (Fsp3) is 0.600. The molecule has 0 aliphatic carbocycles. The second-order valence-corrected chi connectivity index (χ2v) is 5.23. The summed E-state index contributed by atoms with van der Waals surface area (Å²) in [5, 5.41) is 0. The average Bonchev–Trinajstić information content (AvgIpc) is 2.30. The number of nitrogens with two attached hydrogens (primary N) is 1. The van der Waals surface area contributed by atoms with Crippen molar-refractivity contribution in [3.8, 4) is 5.75 Å². The molecular formula is C15H24FNO2. The lowest BCUT2D eigenvalue weighted by molar-refractivity contribution is 0.0804. The first-order chi connectivity index (χ1) is 9.00. The van der Waals surface area contributed by atoms with Crippen molar-refractivity contribution in [1.82, 2.24) is 0 Å². The lowest BCUT2D eigenvalue weighted by Crippen LogP contribution is -2.19. The van der Waals surface area contributed by atoms with Crippen molar-refractivity contribution in [2.24, 2.45) is 11.7 Å². The number of benzene rings is 1. The van der Waals surface area contributed by atoms with Gasteiger partial charge in [-0.05, 0) is 30.9 Å². The summed E-state index contributed by atoms with van der Waals surface area (Å²) in [6, 6.07) is 4.89. The highest BCUT2D eigenvalue weighted by Gasteiger charge is 2.11. The molecule has 3 nitrogen and oxygen atoms in total. The molecule has 0 aliphatic heterocycles. The molecule has 0 radical (unpaired) electrons. The van der Waals surface area contributed by atoms with Gasteiger partial charge in [0.2, 0.25) is 0 Å². The lowest BCUT2D eigenvalue weighted by Gasteiger charge is -2.14. The van der Waals surface area contributed by atoms with Crippen LogP contribution >= 0.6 is 0 Å². The van der Waals surface area contributed by atoms with E-state index in [1.54, 1.807) is 6.07 Å².